The molecule has 0 saturated carbocycles. The van der Waals surface area contributed by atoms with Gasteiger partial charge in [-0.15, -0.1) is 0 Å². The number of anilines is 2. The van der Waals surface area contributed by atoms with Crippen LogP contribution >= 0.6 is 0 Å². The van der Waals surface area contributed by atoms with E-state index in [1.807, 2.05) is 0 Å². The van der Waals surface area contributed by atoms with Crippen molar-refractivity contribution in [3.8, 4) is 22.3 Å². The molecule has 56 heavy (non-hydrogen) atoms. The Morgan fingerprint density at radius 2 is 1.11 bits per heavy atom. The van der Waals surface area contributed by atoms with E-state index >= 15 is 0 Å². The van der Waals surface area contributed by atoms with E-state index in [4.69, 9.17) is 0 Å². The molecule has 254 valence electrons. The predicted octanol–water partition coefficient (Wildman–Crippen LogP) is 7.81. The van der Waals surface area contributed by atoms with Gasteiger partial charge in [-0.05, 0) is 61.3 Å². The van der Waals surface area contributed by atoms with Gasteiger partial charge in [-0.3, -0.25) is 0 Å². The summed E-state index contributed by atoms with van der Waals surface area (Å²) in [6.45, 7) is 0.417. The van der Waals surface area contributed by atoms with Gasteiger partial charge in [-0.2, -0.15) is 4.58 Å². The maximum atomic E-state index is 2.58. The SMILES string of the molecule is C1=CC2=[N+](c3ccccc3)c3cc4ccc5c6c(cc7ccc(c3N(c3ccccc3)C2C=C1)c4c75)B1c2ccccc2-c2ccc3c(c21)B6c1ccccc1-3. The number of hydrogen-bond donors (Lipinski definition) is 0. The van der Waals surface area contributed by atoms with E-state index in [1.165, 1.54) is 116 Å². The molecule has 9 aromatic rings. The Morgan fingerprint density at radius 1 is 0.482 bits per heavy atom. The summed E-state index contributed by atoms with van der Waals surface area (Å²) in [5.41, 5.74) is 20.6. The fraction of sp³-hybridized carbons (Fsp3) is 0.0192. The van der Waals surface area contributed by atoms with Crippen LogP contribution in [0.4, 0.5) is 22.7 Å². The monoisotopic (exact) mass is 705 g/mol. The molecular formula is C52H31B2N2+. The smallest absolute Gasteiger partial charge is 0.242 e. The van der Waals surface area contributed by atoms with Crippen molar-refractivity contribution in [2.45, 2.75) is 6.04 Å². The largest absolute Gasteiger partial charge is 0.318 e. The minimum Gasteiger partial charge on any atom is -0.318 e. The van der Waals surface area contributed by atoms with Gasteiger partial charge < -0.3 is 4.90 Å². The topological polar surface area (TPSA) is 6.25 Å². The predicted molar refractivity (Wildman–Crippen MR) is 240 cm³/mol. The zero-order chi connectivity index (χ0) is 36.2. The maximum absolute atomic E-state index is 2.58. The summed E-state index contributed by atoms with van der Waals surface area (Å²) in [6, 6.07) is 59.9. The number of fused-ring (bicyclic) bond motifs is 13. The molecule has 0 spiro atoms. The third kappa shape index (κ3) is 3.50. The zero-order valence-corrected chi connectivity index (χ0v) is 30.4. The van der Waals surface area contributed by atoms with E-state index < -0.39 is 0 Å². The van der Waals surface area contributed by atoms with Crippen molar-refractivity contribution in [1.29, 1.82) is 0 Å². The van der Waals surface area contributed by atoms with Gasteiger partial charge >= 0.3 is 0 Å². The molecule has 4 heteroatoms. The van der Waals surface area contributed by atoms with Crippen molar-refractivity contribution in [2.75, 3.05) is 4.90 Å². The highest BCUT2D eigenvalue weighted by atomic mass is 15.2. The van der Waals surface area contributed by atoms with E-state index in [-0.39, 0.29) is 19.5 Å². The maximum Gasteiger partial charge on any atom is 0.242 e. The minimum atomic E-state index is 0.0304. The molecule has 1 atom stereocenters. The van der Waals surface area contributed by atoms with Crippen LogP contribution < -0.4 is 42.3 Å². The quantitative estimate of drug-likeness (QED) is 0.101. The summed E-state index contributed by atoms with van der Waals surface area (Å²) in [5, 5.41) is 8.01. The van der Waals surface area contributed by atoms with Gasteiger partial charge in [-0.25, -0.2) is 0 Å². The second kappa shape index (κ2) is 10.4. The first kappa shape index (κ1) is 29.5. The lowest BCUT2D eigenvalue weighted by Crippen LogP contribution is -2.72. The normalized spacial score (nSPS) is 16.4. The molecule has 0 aromatic heterocycles. The van der Waals surface area contributed by atoms with Gasteiger partial charge in [0.05, 0.1) is 0 Å². The Labute approximate surface area is 325 Å². The number of rotatable bonds is 2. The van der Waals surface area contributed by atoms with Gasteiger partial charge in [0.25, 0.3) is 0 Å². The summed E-state index contributed by atoms with van der Waals surface area (Å²) in [4.78, 5) is 2.58. The summed E-state index contributed by atoms with van der Waals surface area (Å²) < 4.78 is 2.50. The molecule has 14 rings (SSSR count). The van der Waals surface area contributed by atoms with Crippen LogP contribution in [-0.2, 0) is 0 Å². The highest BCUT2D eigenvalue weighted by Crippen LogP contribution is 2.50. The molecule has 0 bridgehead atoms. The molecule has 0 radical (unpaired) electrons. The van der Waals surface area contributed by atoms with E-state index in [1.54, 1.807) is 0 Å². The van der Waals surface area contributed by atoms with Crippen molar-refractivity contribution in [3.05, 3.63) is 182 Å². The molecule has 0 fully saturated rings. The Hall–Kier alpha value is -6.90. The van der Waals surface area contributed by atoms with Crippen LogP contribution in [0.1, 0.15) is 0 Å². The first-order valence-electron chi connectivity index (χ1n) is 19.9. The Balaban J connectivity index is 1.13. The first-order valence-corrected chi connectivity index (χ1v) is 19.9. The van der Waals surface area contributed by atoms with Crippen LogP contribution in [0.3, 0.4) is 0 Å². The third-order valence-electron chi connectivity index (χ3n) is 13.6. The minimum absolute atomic E-state index is 0.0304. The molecular weight excluding hydrogens is 674 g/mol. The van der Waals surface area contributed by atoms with Gasteiger partial charge in [0.15, 0.2) is 0 Å². The zero-order valence-electron chi connectivity index (χ0n) is 30.4. The third-order valence-corrected chi connectivity index (χ3v) is 13.6. The van der Waals surface area contributed by atoms with Gasteiger partial charge in [0.1, 0.15) is 11.7 Å². The van der Waals surface area contributed by atoms with E-state index in [0.717, 1.165) is 0 Å². The summed E-state index contributed by atoms with van der Waals surface area (Å²) in [6.07, 6.45) is 9.04. The highest BCUT2D eigenvalue weighted by molar-refractivity contribution is 7.15. The van der Waals surface area contributed by atoms with Gasteiger partial charge in [0, 0.05) is 35.3 Å². The van der Waals surface area contributed by atoms with Crippen molar-refractivity contribution < 1.29 is 0 Å². The number of nitrogens with zero attached hydrogens (tertiary/aromatic N) is 2. The molecule has 4 aliphatic heterocycles. The average Bonchev–Trinajstić information content (AvgIpc) is 3.78. The fourth-order valence-electron chi connectivity index (χ4n) is 11.6. The van der Waals surface area contributed by atoms with Crippen LogP contribution in [0, 0.1) is 0 Å². The van der Waals surface area contributed by atoms with Gasteiger partial charge in [-0.1, -0.05) is 178 Å². The average molecular weight is 705 g/mol. The number of para-hydroxylation sites is 2. The molecule has 0 saturated heterocycles. The van der Waals surface area contributed by atoms with Crippen molar-refractivity contribution in [1.82, 2.24) is 4.58 Å². The van der Waals surface area contributed by atoms with Crippen molar-refractivity contribution in [3.63, 3.8) is 0 Å². The summed E-state index contributed by atoms with van der Waals surface area (Å²) >= 11 is 0. The molecule has 4 heterocycles. The number of allylic oxidation sites excluding steroid dienone is 2. The Kier molecular flexibility index (Phi) is 5.49. The highest BCUT2D eigenvalue weighted by Gasteiger charge is 2.49. The Bertz CT molecular complexity index is 3320. The lowest BCUT2D eigenvalue weighted by Gasteiger charge is -2.37. The van der Waals surface area contributed by atoms with Crippen LogP contribution in [0.25, 0.3) is 54.6 Å². The van der Waals surface area contributed by atoms with Gasteiger partial charge in [0.2, 0.25) is 30.5 Å². The second-order valence-electron chi connectivity index (χ2n) is 16.1. The van der Waals surface area contributed by atoms with Crippen molar-refractivity contribution >= 4 is 107 Å². The van der Waals surface area contributed by atoms with Crippen LogP contribution in [-0.4, -0.2) is 25.2 Å². The Morgan fingerprint density at radius 3 is 1.88 bits per heavy atom. The lowest BCUT2D eigenvalue weighted by atomic mass is 9.22. The van der Waals surface area contributed by atoms with E-state index in [9.17, 15) is 0 Å². The van der Waals surface area contributed by atoms with Crippen molar-refractivity contribution in [2.24, 2.45) is 0 Å². The molecule has 9 aromatic carbocycles. The molecule has 5 aliphatic rings. The molecule has 0 amide bonds. The number of hydrogen-bond acceptors (Lipinski definition) is 1. The van der Waals surface area contributed by atoms with Crippen LogP contribution in [0.15, 0.2) is 182 Å². The first-order chi connectivity index (χ1) is 27.8. The molecule has 1 aliphatic carbocycles. The van der Waals surface area contributed by atoms with E-state index in [0.29, 0.717) is 0 Å². The fourth-order valence-corrected chi connectivity index (χ4v) is 11.6. The second-order valence-corrected chi connectivity index (χ2v) is 16.1. The molecule has 0 N–H and O–H groups in total. The van der Waals surface area contributed by atoms with Crippen LogP contribution in [0.2, 0.25) is 0 Å². The standard InChI is InChI=1S/C52H31B2N2/c1-3-13-33(14-4-1)55-44-21-11-12-22-45(44)56(34-15-5-2-6-16-34)52-40-26-24-31-29-43-49(39-25-23-32(30-46(52)55)48(40)47(31)39)54-42-20-10-8-18-36(42)38-28-27-37-35-17-7-9-19-41(35)53(43)50(37)51(38)54/h1-30,45H/q+1. The molecule has 2 nitrogen and oxygen atoms in total. The summed E-state index contributed by atoms with van der Waals surface area (Å²) in [5.74, 6) is 0. The summed E-state index contributed by atoms with van der Waals surface area (Å²) in [7, 11) is 0. The number of benzene rings is 9. The molecule has 1 unspecified atom stereocenters. The van der Waals surface area contributed by atoms with Crippen LogP contribution in [0.5, 0.6) is 0 Å². The lowest BCUT2D eigenvalue weighted by molar-refractivity contribution is 0.902. The van der Waals surface area contributed by atoms with E-state index in [2.05, 4.69) is 192 Å².